The molecule has 5 nitrogen and oxygen atoms in total. The molecule has 0 aliphatic heterocycles. The Morgan fingerprint density at radius 3 is 2.75 bits per heavy atom. The summed E-state index contributed by atoms with van der Waals surface area (Å²) in [5.74, 6) is 0.671. The first-order valence-corrected chi connectivity index (χ1v) is 8.25. The molecule has 0 spiro atoms. The summed E-state index contributed by atoms with van der Waals surface area (Å²) in [4.78, 5) is 16.4. The van der Waals surface area contributed by atoms with Gasteiger partial charge in [-0.2, -0.15) is 0 Å². The number of hydrogen-bond donors (Lipinski definition) is 1. The maximum atomic E-state index is 12.5. The van der Waals surface area contributed by atoms with Gasteiger partial charge in [0.05, 0.1) is 24.4 Å². The number of carbonyl (C=O) groups excluding carboxylic acids is 1. The maximum Gasteiger partial charge on any atom is 0.275 e. The number of anilines is 1. The van der Waals surface area contributed by atoms with Crippen LogP contribution in [0.2, 0.25) is 10.2 Å². The van der Waals surface area contributed by atoms with Crippen molar-refractivity contribution in [1.82, 2.24) is 4.98 Å². The highest BCUT2D eigenvalue weighted by molar-refractivity contribution is 6.35. The molecule has 2 rings (SSSR count). The molecular weight excluding hydrogens is 351 g/mol. The predicted octanol–water partition coefficient (Wildman–Crippen LogP) is 4.83. The monoisotopic (exact) mass is 368 g/mol. The fourth-order valence-corrected chi connectivity index (χ4v) is 2.28. The molecule has 1 aromatic carbocycles. The molecule has 0 saturated heterocycles. The lowest BCUT2D eigenvalue weighted by molar-refractivity contribution is 0.102. The molecule has 1 amide bonds. The molecule has 7 heteroatoms. The van der Waals surface area contributed by atoms with Crippen molar-refractivity contribution in [3.63, 3.8) is 0 Å². The van der Waals surface area contributed by atoms with Crippen LogP contribution in [-0.4, -0.2) is 24.6 Å². The van der Waals surface area contributed by atoms with Crippen LogP contribution < -0.4 is 14.8 Å². The summed E-state index contributed by atoms with van der Waals surface area (Å²) in [5, 5.41) is 3.15. The maximum absolute atomic E-state index is 12.5. The summed E-state index contributed by atoms with van der Waals surface area (Å²) in [5.41, 5.74) is 0.528. The second-order valence-corrected chi connectivity index (χ2v) is 5.78. The lowest BCUT2D eigenvalue weighted by atomic mass is 10.2. The lowest BCUT2D eigenvalue weighted by Crippen LogP contribution is -2.15. The van der Waals surface area contributed by atoms with Gasteiger partial charge in [-0.1, -0.05) is 36.5 Å². The fourth-order valence-electron chi connectivity index (χ4n) is 1.95. The highest BCUT2D eigenvalue weighted by Crippen LogP contribution is 2.30. The average Bonchev–Trinajstić information content (AvgIpc) is 2.58. The van der Waals surface area contributed by atoms with Gasteiger partial charge in [-0.05, 0) is 30.7 Å². The van der Waals surface area contributed by atoms with E-state index in [9.17, 15) is 4.79 Å². The van der Waals surface area contributed by atoms with Crippen molar-refractivity contribution in [2.45, 2.75) is 19.8 Å². The van der Waals surface area contributed by atoms with E-state index in [0.717, 1.165) is 12.8 Å². The number of aromatic nitrogens is 1. The zero-order valence-corrected chi connectivity index (χ0v) is 14.9. The van der Waals surface area contributed by atoms with Crippen molar-refractivity contribution in [1.29, 1.82) is 0 Å². The molecule has 0 radical (unpaired) electrons. The van der Waals surface area contributed by atoms with Gasteiger partial charge < -0.3 is 14.8 Å². The number of halogens is 2. The first-order chi connectivity index (χ1) is 11.5. The van der Waals surface area contributed by atoms with Crippen LogP contribution in [-0.2, 0) is 0 Å². The van der Waals surface area contributed by atoms with Crippen molar-refractivity contribution < 1.29 is 14.3 Å². The van der Waals surface area contributed by atoms with Crippen LogP contribution in [0.1, 0.15) is 30.3 Å². The fraction of sp³-hybridized carbons (Fsp3) is 0.294. The van der Waals surface area contributed by atoms with E-state index in [4.69, 9.17) is 32.7 Å². The summed E-state index contributed by atoms with van der Waals surface area (Å²) in [6, 6.07) is 8.23. The van der Waals surface area contributed by atoms with Gasteiger partial charge in [0.25, 0.3) is 5.91 Å². The SMILES string of the molecule is CCCCOc1ccc(OC)cc1NC(=O)c1nc(Cl)ccc1Cl. The zero-order valence-electron chi connectivity index (χ0n) is 13.4. The van der Waals surface area contributed by atoms with Gasteiger partial charge in [0, 0.05) is 6.07 Å². The van der Waals surface area contributed by atoms with Crippen molar-refractivity contribution in [2.24, 2.45) is 0 Å². The number of carbonyl (C=O) groups is 1. The van der Waals surface area contributed by atoms with E-state index in [1.165, 1.54) is 12.1 Å². The molecule has 0 fully saturated rings. The Kier molecular flexibility index (Phi) is 6.70. The first kappa shape index (κ1) is 18.4. The average molecular weight is 369 g/mol. The number of nitrogens with one attached hydrogen (secondary N) is 1. The molecule has 1 heterocycles. The molecule has 0 aliphatic rings. The normalized spacial score (nSPS) is 10.3. The Morgan fingerprint density at radius 1 is 1.25 bits per heavy atom. The van der Waals surface area contributed by atoms with E-state index in [2.05, 4.69) is 17.2 Å². The van der Waals surface area contributed by atoms with Gasteiger partial charge >= 0.3 is 0 Å². The van der Waals surface area contributed by atoms with Crippen molar-refractivity contribution in [3.05, 3.63) is 46.2 Å². The van der Waals surface area contributed by atoms with Gasteiger partial charge in [-0.15, -0.1) is 0 Å². The molecule has 0 unspecified atom stereocenters. The largest absolute Gasteiger partial charge is 0.497 e. The molecule has 0 atom stereocenters. The number of rotatable bonds is 7. The van der Waals surface area contributed by atoms with Gasteiger partial charge in [0.15, 0.2) is 0 Å². The summed E-state index contributed by atoms with van der Waals surface area (Å²) >= 11 is 11.9. The first-order valence-electron chi connectivity index (χ1n) is 7.49. The number of hydrogen-bond acceptors (Lipinski definition) is 4. The molecule has 0 aliphatic carbocycles. The number of amides is 1. The second-order valence-electron chi connectivity index (χ2n) is 4.98. The number of ether oxygens (including phenoxy) is 2. The lowest BCUT2D eigenvalue weighted by Gasteiger charge is -2.14. The number of unbranched alkanes of at least 4 members (excludes halogenated alkanes) is 1. The highest BCUT2D eigenvalue weighted by atomic mass is 35.5. The van der Waals surface area contributed by atoms with Gasteiger partial charge in [0.1, 0.15) is 22.3 Å². The Morgan fingerprint density at radius 2 is 2.04 bits per heavy atom. The summed E-state index contributed by atoms with van der Waals surface area (Å²) in [6.45, 7) is 2.63. The third kappa shape index (κ3) is 4.76. The van der Waals surface area contributed by atoms with Crippen LogP contribution in [0.4, 0.5) is 5.69 Å². The van der Waals surface area contributed by atoms with Crippen LogP contribution in [0.5, 0.6) is 11.5 Å². The Labute approximate surface area is 150 Å². The van der Waals surface area contributed by atoms with Crippen LogP contribution in [0.25, 0.3) is 0 Å². The number of pyridine rings is 1. The van der Waals surface area contributed by atoms with Crippen molar-refractivity contribution in [2.75, 3.05) is 19.0 Å². The summed E-state index contributed by atoms with van der Waals surface area (Å²) < 4.78 is 10.9. The molecule has 0 saturated carbocycles. The Bertz CT molecular complexity index is 723. The van der Waals surface area contributed by atoms with E-state index in [-0.39, 0.29) is 15.9 Å². The second kappa shape index (κ2) is 8.76. The van der Waals surface area contributed by atoms with Gasteiger partial charge in [0.2, 0.25) is 0 Å². The van der Waals surface area contributed by atoms with E-state index in [0.29, 0.717) is 23.8 Å². The van der Waals surface area contributed by atoms with Crippen LogP contribution >= 0.6 is 23.2 Å². The molecule has 24 heavy (non-hydrogen) atoms. The minimum Gasteiger partial charge on any atom is -0.497 e. The van der Waals surface area contributed by atoms with Gasteiger partial charge in [-0.3, -0.25) is 4.79 Å². The van der Waals surface area contributed by atoms with Crippen LogP contribution in [0, 0.1) is 0 Å². The van der Waals surface area contributed by atoms with E-state index in [1.54, 1.807) is 25.3 Å². The standard InChI is InChI=1S/C17H18Cl2N2O3/c1-3-4-9-24-14-7-5-11(23-2)10-13(14)20-17(22)16-12(18)6-8-15(19)21-16/h5-8,10H,3-4,9H2,1-2H3,(H,20,22). The molecule has 2 aromatic rings. The van der Waals surface area contributed by atoms with Crippen molar-refractivity contribution >= 4 is 34.8 Å². The molecule has 1 N–H and O–H groups in total. The minimum atomic E-state index is -0.476. The van der Waals surface area contributed by atoms with Crippen molar-refractivity contribution in [3.8, 4) is 11.5 Å². The van der Waals surface area contributed by atoms with Gasteiger partial charge in [-0.25, -0.2) is 4.98 Å². The summed E-state index contributed by atoms with van der Waals surface area (Å²) in [6.07, 6.45) is 1.93. The molecule has 0 bridgehead atoms. The number of nitrogens with zero attached hydrogens (tertiary/aromatic N) is 1. The van der Waals surface area contributed by atoms with E-state index in [1.807, 2.05) is 0 Å². The van der Waals surface area contributed by atoms with Crippen LogP contribution in [0.3, 0.4) is 0 Å². The molecule has 1 aromatic heterocycles. The smallest absolute Gasteiger partial charge is 0.275 e. The van der Waals surface area contributed by atoms with E-state index < -0.39 is 5.91 Å². The predicted molar refractivity (Wildman–Crippen MR) is 95.6 cm³/mol. The van der Waals surface area contributed by atoms with Crippen LogP contribution in [0.15, 0.2) is 30.3 Å². The minimum absolute atomic E-state index is 0.0477. The Hall–Kier alpha value is -1.98. The third-order valence-electron chi connectivity index (χ3n) is 3.22. The van der Waals surface area contributed by atoms with E-state index >= 15 is 0 Å². The quantitative estimate of drug-likeness (QED) is 0.561. The topological polar surface area (TPSA) is 60.5 Å². The summed E-state index contributed by atoms with van der Waals surface area (Å²) in [7, 11) is 1.55. The zero-order chi connectivity index (χ0) is 17.5. The third-order valence-corrected chi connectivity index (χ3v) is 3.73. The molecular formula is C17H18Cl2N2O3. The Balaban J connectivity index is 2.25. The number of benzene rings is 1. The molecule has 128 valence electrons. The number of methoxy groups -OCH3 is 1. The highest BCUT2D eigenvalue weighted by Gasteiger charge is 2.16.